The molecule has 1 aromatic heterocycles. The highest BCUT2D eigenvalue weighted by Gasteiger charge is 2.31. The fraction of sp³-hybridized carbons (Fsp3) is 0.450. The molecule has 0 radical (unpaired) electrons. The van der Waals surface area contributed by atoms with Gasteiger partial charge in [0, 0.05) is 49.1 Å². The Bertz CT molecular complexity index is 825. The van der Waals surface area contributed by atoms with Gasteiger partial charge in [0.1, 0.15) is 5.82 Å². The fourth-order valence-electron chi connectivity index (χ4n) is 3.86. The van der Waals surface area contributed by atoms with E-state index < -0.39 is 5.82 Å². The first-order valence-corrected chi connectivity index (χ1v) is 9.21. The molecule has 26 heavy (non-hydrogen) atoms. The van der Waals surface area contributed by atoms with Crippen molar-refractivity contribution in [3.8, 4) is 0 Å². The molecule has 1 unspecified atom stereocenters. The van der Waals surface area contributed by atoms with E-state index in [4.69, 9.17) is 4.98 Å². The predicted molar refractivity (Wildman–Crippen MR) is 96.1 cm³/mol. The molecule has 1 atom stereocenters. The van der Waals surface area contributed by atoms with Crippen LogP contribution in [-0.2, 0) is 13.0 Å². The lowest BCUT2D eigenvalue weighted by molar-refractivity contribution is 0.0598. The first-order chi connectivity index (χ1) is 12.6. The van der Waals surface area contributed by atoms with Crippen LogP contribution in [-0.4, -0.2) is 45.8 Å². The highest BCUT2D eigenvalue weighted by molar-refractivity contribution is 5.94. The van der Waals surface area contributed by atoms with Crippen LogP contribution < -0.4 is 0 Å². The number of amides is 1. The molecule has 1 saturated heterocycles. The zero-order chi connectivity index (χ0) is 18.1. The second-order valence-corrected chi connectivity index (χ2v) is 7.21. The molecule has 5 nitrogen and oxygen atoms in total. The zero-order valence-electron chi connectivity index (χ0n) is 15.0. The molecular weight excluding hydrogens is 331 g/mol. The number of aromatic nitrogens is 2. The third kappa shape index (κ3) is 3.33. The van der Waals surface area contributed by atoms with E-state index >= 15 is 0 Å². The van der Waals surface area contributed by atoms with Gasteiger partial charge in [-0.1, -0.05) is 6.07 Å². The first kappa shape index (κ1) is 17.1. The summed E-state index contributed by atoms with van der Waals surface area (Å²) in [5.41, 5.74) is 2.65. The highest BCUT2D eigenvalue weighted by Crippen LogP contribution is 2.31. The monoisotopic (exact) mass is 354 g/mol. The summed E-state index contributed by atoms with van der Waals surface area (Å²) in [4.78, 5) is 26.4. The lowest BCUT2D eigenvalue weighted by atomic mass is 9.99. The maximum absolute atomic E-state index is 13.5. The largest absolute Gasteiger partial charge is 0.328 e. The molecule has 3 heterocycles. The molecule has 2 aromatic rings. The van der Waals surface area contributed by atoms with E-state index in [0.29, 0.717) is 12.1 Å². The van der Waals surface area contributed by atoms with Crippen LogP contribution in [0.5, 0.6) is 0 Å². The molecule has 0 N–H and O–H groups in total. The summed E-state index contributed by atoms with van der Waals surface area (Å²) >= 11 is 0. The van der Waals surface area contributed by atoms with Crippen LogP contribution in [0.4, 0.5) is 4.39 Å². The standard InChI is InChI=1S/C20H23FN4O/c1-24-10-8-17-15(13-24)12-22-19(23-17)18-7-2-3-9-25(18)20(26)14-5-4-6-16(21)11-14/h4-6,11-12,18H,2-3,7-10,13H2,1H3. The molecule has 136 valence electrons. The van der Waals surface area contributed by atoms with Crippen molar-refractivity contribution in [3.63, 3.8) is 0 Å². The average molecular weight is 354 g/mol. The van der Waals surface area contributed by atoms with Crippen molar-refractivity contribution in [2.24, 2.45) is 0 Å². The molecule has 0 saturated carbocycles. The molecule has 0 aliphatic carbocycles. The summed E-state index contributed by atoms with van der Waals surface area (Å²) in [6.07, 6.45) is 5.66. The van der Waals surface area contributed by atoms with Crippen LogP contribution in [0, 0.1) is 5.82 Å². The van der Waals surface area contributed by atoms with Crippen molar-refractivity contribution in [2.45, 2.75) is 38.3 Å². The van der Waals surface area contributed by atoms with Crippen LogP contribution in [0.25, 0.3) is 0 Å². The van der Waals surface area contributed by atoms with Gasteiger partial charge in [-0.25, -0.2) is 14.4 Å². The maximum atomic E-state index is 13.5. The Morgan fingerprint density at radius 3 is 3.00 bits per heavy atom. The van der Waals surface area contributed by atoms with Crippen LogP contribution in [0.2, 0.25) is 0 Å². The lowest BCUT2D eigenvalue weighted by Crippen LogP contribution is -2.39. The van der Waals surface area contributed by atoms with Crippen molar-refractivity contribution in [3.05, 3.63) is 58.9 Å². The Labute approximate surface area is 152 Å². The summed E-state index contributed by atoms with van der Waals surface area (Å²) < 4.78 is 13.5. The Morgan fingerprint density at radius 2 is 2.15 bits per heavy atom. The van der Waals surface area contributed by atoms with Crippen LogP contribution >= 0.6 is 0 Å². The molecular formula is C20H23FN4O. The number of hydrogen-bond acceptors (Lipinski definition) is 4. The van der Waals surface area contributed by atoms with Gasteiger partial charge in [0.25, 0.3) is 5.91 Å². The van der Waals surface area contributed by atoms with Gasteiger partial charge in [0.2, 0.25) is 0 Å². The van der Waals surface area contributed by atoms with Gasteiger partial charge in [-0.15, -0.1) is 0 Å². The van der Waals surface area contributed by atoms with E-state index in [1.807, 2.05) is 11.1 Å². The molecule has 0 bridgehead atoms. The Kier molecular flexibility index (Phi) is 4.68. The number of carbonyl (C=O) groups excluding carboxylic acids is 1. The van der Waals surface area contributed by atoms with Gasteiger partial charge in [0.05, 0.1) is 6.04 Å². The van der Waals surface area contributed by atoms with Gasteiger partial charge in [0.15, 0.2) is 5.82 Å². The minimum atomic E-state index is -0.390. The van der Waals surface area contributed by atoms with Gasteiger partial charge in [-0.2, -0.15) is 0 Å². The maximum Gasteiger partial charge on any atom is 0.254 e. The number of likely N-dealkylation sites (N-methyl/N-ethyl adjacent to an activating group) is 1. The third-order valence-corrected chi connectivity index (χ3v) is 5.28. The normalized spacial score (nSPS) is 20.7. The highest BCUT2D eigenvalue weighted by atomic mass is 19.1. The molecule has 1 amide bonds. The summed E-state index contributed by atoms with van der Waals surface area (Å²) in [5.74, 6) is 0.187. The van der Waals surface area contributed by atoms with Crippen LogP contribution in [0.3, 0.4) is 0 Å². The van der Waals surface area contributed by atoms with E-state index in [-0.39, 0.29) is 11.9 Å². The van der Waals surface area contributed by atoms with Crippen molar-refractivity contribution in [1.29, 1.82) is 0 Å². The van der Waals surface area contributed by atoms with Gasteiger partial charge in [-0.05, 0) is 44.5 Å². The van der Waals surface area contributed by atoms with Crippen LogP contribution in [0.15, 0.2) is 30.5 Å². The Balaban J connectivity index is 1.63. The number of piperidine rings is 1. The van der Waals surface area contributed by atoms with E-state index in [2.05, 4.69) is 16.9 Å². The predicted octanol–water partition coefficient (Wildman–Crippen LogP) is 2.97. The zero-order valence-corrected chi connectivity index (χ0v) is 15.0. The summed E-state index contributed by atoms with van der Waals surface area (Å²) in [6.45, 7) is 2.51. The van der Waals surface area contributed by atoms with E-state index in [1.54, 1.807) is 12.1 Å². The summed E-state index contributed by atoms with van der Waals surface area (Å²) in [6, 6.07) is 5.77. The summed E-state index contributed by atoms with van der Waals surface area (Å²) in [7, 11) is 2.09. The van der Waals surface area contributed by atoms with Crippen molar-refractivity contribution >= 4 is 5.91 Å². The van der Waals surface area contributed by atoms with Crippen molar-refractivity contribution in [1.82, 2.24) is 19.8 Å². The van der Waals surface area contributed by atoms with Crippen LogP contribution in [0.1, 0.15) is 52.7 Å². The minimum absolute atomic E-state index is 0.135. The summed E-state index contributed by atoms with van der Waals surface area (Å²) in [5, 5.41) is 0. The molecule has 1 fully saturated rings. The van der Waals surface area contributed by atoms with Crippen molar-refractivity contribution in [2.75, 3.05) is 20.1 Å². The topological polar surface area (TPSA) is 49.3 Å². The SMILES string of the molecule is CN1CCc2nc(C3CCCCN3C(=O)c3cccc(F)c3)ncc2C1. The Hall–Kier alpha value is -2.34. The minimum Gasteiger partial charge on any atom is -0.328 e. The fourth-order valence-corrected chi connectivity index (χ4v) is 3.86. The van der Waals surface area contributed by atoms with E-state index in [9.17, 15) is 9.18 Å². The molecule has 4 rings (SSSR count). The number of halogens is 1. The molecule has 1 aromatic carbocycles. The van der Waals surface area contributed by atoms with Gasteiger partial charge < -0.3 is 9.80 Å². The smallest absolute Gasteiger partial charge is 0.254 e. The van der Waals surface area contributed by atoms with E-state index in [0.717, 1.165) is 50.3 Å². The number of nitrogens with zero attached hydrogens (tertiary/aromatic N) is 4. The van der Waals surface area contributed by atoms with Gasteiger partial charge in [-0.3, -0.25) is 4.79 Å². The number of rotatable bonds is 2. The van der Waals surface area contributed by atoms with Gasteiger partial charge >= 0.3 is 0 Å². The number of fused-ring (bicyclic) bond motifs is 1. The molecule has 0 spiro atoms. The average Bonchev–Trinajstić information content (AvgIpc) is 2.67. The van der Waals surface area contributed by atoms with Crippen molar-refractivity contribution < 1.29 is 9.18 Å². The number of carbonyl (C=O) groups is 1. The first-order valence-electron chi connectivity index (χ1n) is 9.21. The molecule has 2 aliphatic rings. The van der Waals surface area contributed by atoms with E-state index in [1.165, 1.54) is 17.7 Å². The quantitative estimate of drug-likeness (QED) is 0.832. The Morgan fingerprint density at radius 1 is 1.27 bits per heavy atom. The molecule has 2 aliphatic heterocycles. The number of likely N-dealkylation sites (tertiary alicyclic amines) is 1. The third-order valence-electron chi connectivity index (χ3n) is 5.28. The lowest BCUT2D eigenvalue weighted by Gasteiger charge is -2.35. The second kappa shape index (κ2) is 7.11. The molecule has 6 heteroatoms. The second-order valence-electron chi connectivity index (χ2n) is 7.21. The number of hydrogen-bond donors (Lipinski definition) is 0. The number of benzene rings is 1.